The predicted octanol–water partition coefficient (Wildman–Crippen LogP) is 6.22. The Morgan fingerprint density at radius 2 is 1.74 bits per heavy atom. The number of nitrogens with zero attached hydrogens (tertiary/aromatic N) is 2. The number of hydrogen-bond acceptors (Lipinski definition) is 6. The zero-order chi connectivity index (χ0) is 27.6. The zero-order valence-electron chi connectivity index (χ0n) is 21.0. The Kier molecular flexibility index (Phi) is 7.60. The van der Waals surface area contributed by atoms with E-state index in [-0.39, 0.29) is 29.9 Å². The van der Waals surface area contributed by atoms with Crippen LogP contribution in [0.15, 0.2) is 71.6 Å². The number of benzene rings is 3. The van der Waals surface area contributed by atoms with Gasteiger partial charge in [-0.2, -0.15) is 10.6 Å². The van der Waals surface area contributed by atoms with Crippen LogP contribution in [0.5, 0.6) is 0 Å². The van der Waals surface area contributed by atoms with Crippen LogP contribution in [0.1, 0.15) is 53.3 Å². The molecule has 1 atom stereocenters. The lowest BCUT2D eigenvalue weighted by Gasteiger charge is -2.41. The van der Waals surface area contributed by atoms with E-state index >= 15 is 0 Å². The van der Waals surface area contributed by atoms with E-state index in [1.165, 1.54) is 12.1 Å². The van der Waals surface area contributed by atoms with E-state index < -0.39 is 16.6 Å². The van der Waals surface area contributed by atoms with E-state index in [2.05, 4.69) is 5.32 Å². The lowest BCUT2D eigenvalue weighted by Crippen LogP contribution is -2.33. The number of nitrogens with one attached hydrogen (secondary N) is 1. The maximum Gasteiger partial charge on any atom is 0.303 e. The minimum Gasteiger partial charge on any atom is -0.481 e. The van der Waals surface area contributed by atoms with Crippen molar-refractivity contribution in [3.63, 3.8) is 0 Å². The van der Waals surface area contributed by atoms with Gasteiger partial charge in [-0.1, -0.05) is 18.2 Å². The summed E-state index contributed by atoms with van der Waals surface area (Å²) in [5, 5.41) is 12.0. The maximum atomic E-state index is 13.5. The van der Waals surface area contributed by atoms with Gasteiger partial charge in [0.15, 0.2) is 0 Å². The van der Waals surface area contributed by atoms with Crippen LogP contribution in [0.25, 0.3) is 22.3 Å². The minimum absolute atomic E-state index is 0.0523. The predicted molar refractivity (Wildman–Crippen MR) is 147 cm³/mol. The summed E-state index contributed by atoms with van der Waals surface area (Å²) in [6, 6.07) is 17.7. The average molecular weight is 550 g/mol. The van der Waals surface area contributed by atoms with Gasteiger partial charge in [0, 0.05) is 23.3 Å². The van der Waals surface area contributed by atoms with Crippen molar-refractivity contribution in [1.29, 1.82) is 0 Å². The minimum atomic E-state index is -2.88. The number of carboxylic acids is 1. The molecule has 0 spiro atoms. The normalized spacial score (nSPS) is 16.8. The van der Waals surface area contributed by atoms with Gasteiger partial charge in [0.1, 0.15) is 5.82 Å². The molecule has 1 aromatic heterocycles. The molecule has 0 radical (unpaired) electrons. The Balaban J connectivity index is 1.44. The summed E-state index contributed by atoms with van der Waals surface area (Å²) in [7, 11) is -2.88. The third-order valence-corrected chi connectivity index (χ3v) is 8.69. The molecule has 39 heavy (non-hydrogen) atoms. The van der Waals surface area contributed by atoms with Crippen molar-refractivity contribution in [2.45, 2.75) is 43.0 Å². The fourth-order valence-corrected chi connectivity index (χ4v) is 6.49. The van der Waals surface area contributed by atoms with E-state index in [0.29, 0.717) is 69.7 Å². The molecular formula is C29H28FN3O5S. The first-order valence-corrected chi connectivity index (χ1v) is 14.4. The van der Waals surface area contributed by atoms with Gasteiger partial charge in [-0.05, 0) is 79.8 Å². The number of aliphatic carboxylic acids is 1. The van der Waals surface area contributed by atoms with Gasteiger partial charge < -0.3 is 10.4 Å². The molecule has 2 heterocycles. The quantitative estimate of drug-likeness (QED) is 0.192. The summed E-state index contributed by atoms with van der Waals surface area (Å²) in [5.41, 5.74) is 4.10. The number of amides is 1. The van der Waals surface area contributed by atoms with Crippen LogP contribution in [0, 0.1) is 5.82 Å². The van der Waals surface area contributed by atoms with Crippen LogP contribution in [0.4, 0.5) is 4.39 Å². The molecule has 202 valence electrons. The van der Waals surface area contributed by atoms with Gasteiger partial charge in [-0.15, -0.1) is 0 Å². The number of hydrogen-bond donors (Lipinski definition) is 4. The Morgan fingerprint density at radius 3 is 2.51 bits per heavy atom. The highest BCUT2D eigenvalue weighted by molar-refractivity contribution is 8.24. The highest BCUT2D eigenvalue weighted by Gasteiger charge is 2.31. The Labute approximate surface area is 226 Å². The zero-order valence-corrected chi connectivity index (χ0v) is 21.8. The fourth-order valence-electron chi connectivity index (χ4n) is 4.82. The molecule has 0 fully saturated rings. The second kappa shape index (κ2) is 11.1. The van der Waals surface area contributed by atoms with Crippen LogP contribution in [0.2, 0.25) is 0 Å². The maximum absolute atomic E-state index is 13.5. The van der Waals surface area contributed by atoms with E-state index in [4.69, 9.17) is 15.1 Å². The van der Waals surface area contributed by atoms with E-state index in [0.717, 1.165) is 0 Å². The number of aromatic nitrogens is 2. The topological polar surface area (TPSA) is 133 Å². The lowest BCUT2D eigenvalue weighted by molar-refractivity contribution is -0.137. The standard InChI is InChI=1S/C29H28FN3O5S/c30-20-12-9-18(10-13-20)28-24(6-2-4-8-27(34)35)31-25-17-19(11-14-23(25)32-28)29(36)33-22-15-16-39(37,38)26-7-3-1-5-21(22)26/h1,3,5,7,9-14,17,22,37-38H,2,4,6,8,15-16H2,(H,33,36)(H,34,35)/t22-/m1/s1. The molecule has 8 nitrogen and oxygen atoms in total. The first kappa shape index (κ1) is 26.7. The van der Waals surface area contributed by atoms with Crippen LogP contribution >= 0.6 is 10.6 Å². The van der Waals surface area contributed by atoms with Crippen LogP contribution < -0.4 is 5.32 Å². The molecule has 1 amide bonds. The summed E-state index contributed by atoms with van der Waals surface area (Å²) in [5.74, 6) is -1.37. The third-order valence-electron chi connectivity index (χ3n) is 6.81. The van der Waals surface area contributed by atoms with Crippen molar-refractivity contribution >= 4 is 33.5 Å². The van der Waals surface area contributed by atoms with Crippen molar-refractivity contribution in [3.8, 4) is 11.3 Å². The number of carbonyl (C=O) groups excluding carboxylic acids is 1. The fraction of sp³-hybridized carbons (Fsp3) is 0.241. The highest BCUT2D eigenvalue weighted by atomic mass is 32.3. The van der Waals surface area contributed by atoms with Gasteiger partial charge in [-0.25, -0.2) is 14.4 Å². The Bertz CT molecular complexity index is 1540. The van der Waals surface area contributed by atoms with Gasteiger partial charge in [-0.3, -0.25) is 18.7 Å². The number of halogens is 1. The molecule has 4 aromatic rings. The molecule has 0 saturated heterocycles. The molecule has 5 rings (SSSR count). The second-order valence-corrected chi connectivity index (χ2v) is 11.7. The van der Waals surface area contributed by atoms with Crippen LogP contribution in [-0.2, 0) is 11.2 Å². The molecule has 0 saturated carbocycles. The van der Waals surface area contributed by atoms with Crippen molar-refractivity contribution < 1.29 is 28.2 Å². The summed E-state index contributed by atoms with van der Waals surface area (Å²) in [6.45, 7) is 0. The van der Waals surface area contributed by atoms with E-state index in [1.807, 2.05) is 0 Å². The number of aryl methyl sites for hydroxylation is 1. The highest BCUT2D eigenvalue weighted by Crippen LogP contribution is 2.55. The first-order chi connectivity index (χ1) is 18.7. The number of carbonyl (C=O) groups is 2. The third kappa shape index (κ3) is 5.93. The summed E-state index contributed by atoms with van der Waals surface area (Å²) in [6.07, 6.45) is 2.00. The van der Waals surface area contributed by atoms with Crippen molar-refractivity contribution in [2.75, 3.05) is 5.75 Å². The van der Waals surface area contributed by atoms with Gasteiger partial charge >= 0.3 is 5.97 Å². The number of rotatable bonds is 8. The number of unbranched alkanes of at least 4 members (excludes halogenated alkanes) is 1. The Morgan fingerprint density at radius 1 is 0.974 bits per heavy atom. The molecule has 3 aromatic carbocycles. The molecule has 10 heteroatoms. The molecule has 0 unspecified atom stereocenters. The van der Waals surface area contributed by atoms with Crippen LogP contribution in [-0.4, -0.2) is 41.8 Å². The monoisotopic (exact) mass is 549 g/mol. The average Bonchev–Trinajstić information content (AvgIpc) is 2.92. The van der Waals surface area contributed by atoms with Crippen molar-refractivity contribution in [3.05, 3.63) is 89.4 Å². The number of fused-ring (bicyclic) bond motifs is 2. The Hall–Kier alpha value is -3.86. The smallest absolute Gasteiger partial charge is 0.303 e. The molecule has 1 aliphatic heterocycles. The molecule has 0 bridgehead atoms. The molecular weight excluding hydrogens is 521 g/mol. The summed E-state index contributed by atoms with van der Waals surface area (Å²) >= 11 is 0. The summed E-state index contributed by atoms with van der Waals surface area (Å²) in [4.78, 5) is 34.2. The van der Waals surface area contributed by atoms with Gasteiger partial charge in [0.2, 0.25) is 0 Å². The largest absolute Gasteiger partial charge is 0.481 e. The molecule has 1 aliphatic rings. The van der Waals surface area contributed by atoms with E-state index in [9.17, 15) is 23.1 Å². The lowest BCUT2D eigenvalue weighted by atomic mass is 10.0. The number of carboxylic acid groups (broad SMARTS) is 1. The summed E-state index contributed by atoms with van der Waals surface area (Å²) < 4.78 is 34.4. The van der Waals surface area contributed by atoms with Crippen LogP contribution in [0.3, 0.4) is 0 Å². The van der Waals surface area contributed by atoms with Gasteiger partial charge in [0.25, 0.3) is 5.91 Å². The van der Waals surface area contributed by atoms with Crippen molar-refractivity contribution in [2.24, 2.45) is 0 Å². The van der Waals surface area contributed by atoms with Gasteiger partial charge in [0.05, 0.1) is 33.4 Å². The van der Waals surface area contributed by atoms with Crippen molar-refractivity contribution in [1.82, 2.24) is 15.3 Å². The molecule has 0 aliphatic carbocycles. The molecule has 4 N–H and O–H groups in total. The second-order valence-electron chi connectivity index (χ2n) is 9.55. The first-order valence-electron chi connectivity index (χ1n) is 12.7. The SMILES string of the molecule is O=C(O)CCCCc1nc2cc(C(=O)N[C@@H]3CCS(O)(O)c4ccccc43)ccc2nc1-c1ccc(F)cc1. The van der Waals surface area contributed by atoms with E-state index in [1.54, 1.807) is 54.6 Å².